The molecule has 5 heteroatoms. The number of nitrogens with one attached hydrogen (secondary N) is 2. The van der Waals surface area contributed by atoms with Gasteiger partial charge in [-0.15, -0.1) is 0 Å². The zero-order valence-electron chi connectivity index (χ0n) is 11.9. The molecule has 1 fully saturated rings. The van der Waals surface area contributed by atoms with E-state index >= 15 is 0 Å². The maximum absolute atomic E-state index is 12.0. The molecule has 0 bridgehead atoms. The fraction of sp³-hybridized carbons (Fsp3) is 0.533. The predicted octanol–water partition coefficient (Wildman–Crippen LogP) is 1.79. The van der Waals surface area contributed by atoms with E-state index in [2.05, 4.69) is 10.6 Å². The van der Waals surface area contributed by atoms with E-state index in [0.717, 1.165) is 37.2 Å². The fourth-order valence-electron chi connectivity index (χ4n) is 2.18. The summed E-state index contributed by atoms with van der Waals surface area (Å²) in [7, 11) is 1.64. The second kappa shape index (κ2) is 7.87. The van der Waals surface area contributed by atoms with Crippen LogP contribution in [-0.2, 0) is 9.53 Å². The highest BCUT2D eigenvalue weighted by Gasteiger charge is 2.20. The standard InChI is InChI=1S/C15H22N2O3/c1-19-10-11-20-13-7-5-12(6-8-13)17-15(18)14-4-2-3-9-16-14/h5-8,14,16H,2-4,9-11H2,1H3,(H,17,18)/t14-/m0/s1. The quantitative estimate of drug-likeness (QED) is 0.779. The zero-order valence-corrected chi connectivity index (χ0v) is 11.9. The first-order chi connectivity index (χ1) is 9.79. The normalized spacial score (nSPS) is 18.6. The molecular weight excluding hydrogens is 256 g/mol. The van der Waals surface area contributed by atoms with Gasteiger partial charge in [-0.1, -0.05) is 6.42 Å². The summed E-state index contributed by atoms with van der Waals surface area (Å²) in [5.41, 5.74) is 0.793. The van der Waals surface area contributed by atoms with Crippen molar-refractivity contribution >= 4 is 11.6 Å². The molecule has 0 radical (unpaired) electrons. The van der Waals surface area contributed by atoms with E-state index in [4.69, 9.17) is 9.47 Å². The minimum Gasteiger partial charge on any atom is -0.491 e. The fourth-order valence-corrected chi connectivity index (χ4v) is 2.18. The van der Waals surface area contributed by atoms with Crippen LogP contribution in [0.15, 0.2) is 24.3 Å². The number of methoxy groups -OCH3 is 1. The molecule has 1 aliphatic heterocycles. The van der Waals surface area contributed by atoms with Gasteiger partial charge in [-0.25, -0.2) is 0 Å². The molecule has 5 nitrogen and oxygen atoms in total. The SMILES string of the molecule is COCCOc1ccc(NC(=O)[C@@H]2CCCCN2)cc1. The summed E-state index contributed by atoms with van der Waals surface area (Å²) in [6.45, 7) is 2.00. The molecular formula is C15H22N2O3. The molecule has 0 aromatic heterocycles. The van der Waals surface area contributed by atoms with Crippen LogP contribution in [0.5, 0.6) is 5.75 Å². The van der Waals surface area contributed by atoms with Crippen LogP contribution >= 0.6 is 0 Å². The van der Waals surface area contributed by atoms with Crippen molar-refractivity contribution in [2.75, 3.05) is 32.2 Å². The number of hydrogen-bond acceptors (Lipinski definition) is 4. The van der Waals surface area contributed by atoms with Crippen molar-refractivity contribution in [1.82, 2.24) is 5.32 Å². The van der Waals surface area contributed by atoms with Gasteiger partial charge < -0.3 is 20.1 Å². The van der Waals surface area contributed by atoms with Crippen LogP contribution in [0.2, 0.25) is 0 Å². The Hall–Kier alpha value is -1.59. The third kappa shape index (κ3) is 4.51. The molecule has 1 heterocycles. The van der Waals surface area contributed by atoms with Gasteiger partial charge in [0.15, 0.2) is 0 Å². The molecule has 1 aromatic rings. The Morgan fingerprint density at radius 1 is 1.30 bits per heavy atom. The Morgan fingerprint density at radius 3 is 2.75 bits per heavy atom. The Balaban J connectivity index is 1.81. The monoisotopic (exact) mass is 278 g/mol. The largest absolute Gasteiger partial charge is 0.491 e. The highest BCUT2D eigenvalue weighted by molar-refractivity contribution is 5.94. The number of rotatable bonds is 6. The predicted molar refractivity (Wildman–Crippen MR) is 78.1 cm³/mol. The van der Waals surface area contributed by atoms with Gasteiger partial charge in [0.2, 0.25) is 5.91 Å². The molecule has 0 saturated carbocycles. The second-order valence-electron chi connectivity index (χ2n) is 4.86. The Bertz CT molecular complexity index is 414. The lowest BCUT2D eigenvalue weighted by Gasteiger charge is -2.22. The van der Waals surface area contributed by atoms with Crippen LogP contribution in [0.4, 0.5) is 5.69 Å². The summed E-state index contributed by atoms with van der Waals surface area (Å²) in [6.07, 6.45) is 3.17. The van der Waals surface area contributed by atoms with Crippen LogP contribution in [0.3, 0.4) is 0 Å². The van der Waals surface area contributed by atoms with E-state index in [-0.39, 0.29) is 11.9 Å². The van der Waals surface area contributed by atoms with Crippen molar-refractivity contribution in [2.24, 2.45) is 0 Å². The summed E-state index contributed by atoms with van der Waals surface area (Å²) in [6, 6.07) is 7.33. The number of piperidine rings is 1. The lowest BCUT2D eigenvalue weighted by Crippen LogP contribution is -2.43. The van der Waals surface area contributed by atoms with Crippen molar-refractivity contribution in [3.8, 4) is 5.75 Å². The van der Waals surface area contributed by atoms with E-state index in [1.54, 1.807) is 7.11 Å². The third-order valence-corrected chi connectivity index (χ3v) is 3.30. The lowest BCUT2D eigenvalue weighted by atomic mass is 10.0. The average Bonchev–Trinajstić information content (AvgIpc) is 2.50. The molecule has 0 aliphatic carbocycles. The molecule has 1 aromatic carbocycles. The number of amides is 1. The van der Waals surface area contributed by atoms with Crippen molar-refractivity contribution < 1.29 is 14.3 Å². The molecule has 0 spiro atoms. The summed E-state index contributed by atoms with van der Waals surface area (Å²) < 4.78 is 10.4. The number of ether oxygens (including phenoxy) is 2. The third-order valence-electron chi connectivity index (χ3n) is 3.30. The zero-order chi connectivity index (χ0) is 14.2. The van der Waals surface area contributed by atoms with Gasteiger partial charge in [-0.05, 0) is 43.7 Å². The molecule has 20 heavy (non-hydrogen) atoms. The number of hydrogen-bond donors (Lipinski definition) is 2. The number of anilines is 1. The van der Waals surface area contributed by atoms with Gasteiger partial charge in [-0.2, -0.15) is 0 Å². The number of carbonyl (C=O) groups is 1. The van der Waals surface area contributed by atoms with Crippen LogP contribution in [-0.4, -0.2) is 38.8 Å². The summed E-state index contributed by atoms with van der Waals surface area (Å²) >= 11 is 0. The molecule has 110 valence electrons. The smallest absolute Gasteiger partial charge is 0.241 e. The Morgan fingerprint density at radius 2 is 2.10 bits per heavy atom. The Labute approximate surface area is 119 Å². The highest BCUT2D eigenvalue weighted by atomic mass is 16.5. The van der Waals surface area contributed by atoms with Crippen LogP contribution < -0.4 is 15.4 Å². The molecule has 1 saturated heterocycles. The molecule has 0 unspecified atom stereocenters. The molecule has 1 atom stereocenters. The minimum absolute atomic E-state index is 0.0396. The second-order valence-corrected chi connectivity index (χ2v) is 4.86. The number of carbonyl (C=O) groups excluding carboxylic acids is 1. The van der Waals surface area contributed by atoms with Crippen LogP contribution in [0.1, 0.15) is 19.3 Å². The summed E-state index contributed by atoms with van der Waals surface area (Å²) in [5, 5.41) is 6.16. The first-order valence-electron chi connectivity index (χ1n) is 7.05. The lowest BCUT2D eigenvalue weighted by molar-refractivity contribution is -0.118. The van der Waals surface area contributed by atoms with Gasteiger partial charge in [0.25, 0.3) is 0 Å². The highest BCUT2D eigenvalue weighted by Crippen LogP contribution is 2.16. The van der Waals surface area contributed by atoms with Crippen molar-refractivity contribution in [1.29, 1.82) is 0 Å². The molecule has 2 N–H and O–H groups in total. The molecule has 2 rings (SSSR count). The molecule has 1 aliphatic rings. The van der Waals surface area contributed by atoms with Crippen molar-refractivity contribution in [3.05, 3.63) is 24.3 Å². The van der Waals surface area contributed by atoms with E-state index in [1.165, 1.54) is 0 Å². The maximum Gasteiger partial charge on any atom is 0.241 e. The number of benzene rings is 1. The van der Waals surface area contributed by atoms with Gasteiger partial charge in [-0.3, -0.25) is 4.79 Å². The first kappa shape index (κ1) is 14.8. The van der Waals surface area contributed by atoms with Gasteiger partial charge in [0.05, 0.1) is 12.6 Å². The summed E-state index contributed by atoms with van der Waals surface area (Å²) in [5.74, 6) is 0.814. The van der Waals surface area contributed by atoms with Gasteiger partial charge >= 0.3 is 0 Å². The van der Waals surface area contributed by atoms with E-state index in [1.807, 2.05) is 24.3 Å². The van der Waals surface area contributed by atoms with Crippen molar-refractivity contribution in [2.45, 2.75) is 25.3 Å². The summed E-state index contributed by atoms with van der Waals surface area (Å²) in [4.78, 5) is 12.0. The van der Waals surface area contributed by atoms with Gasteiger partial charge in [0.1, 0.15) is 12.4 Å². The van der Waals surface area contributed by atoms with Crippen molar-refractivity contribution in [3.63, 3.8) is 0 Å². The van der Waals surface area contributed by atoms with E-state index in [0.29, 0.717) is 13.2 Å². The Kier molecular flexibility index (Phi) is 5.83. The molecule has 1 amide bonds. The topological polar surface area (TPSA) is 59.6 Å². The van der Waals surface area contributed by atoms with E-state index < -0.39 is 0 Å². The van der Waals surface area contributed by atoms with Gasteiger partial charge in [0, 0.05) is 12.8 Å². The van der Waals surface area contributed by atoms with Crippen LogP contribution in [0.25, 0.3) is 0 Å². The minimum atomic E-state index is -0.0682. The average molecular weight is 278 g/mol. The van der Waals surface area contributed by atoms with E-state index in [9.17, 15) is 4.79 Å². The van der Waals surface area contributed by atoms with Crippen LogP contribution in [0, 0.1) is 0 Å². The maximum atomic E-state index is 12.0. The first-order valence-corrected chi connectivity index (χ1v) is 7.05.